The molecule has 2 N–H and O–H groups in total. The first-order valence-corrected chi connectivity index (χ1v) is 7.35. The van der Waals surface area contributed by atoms with E-state index in [1.807, 2.05) is 42.2 Å². The fourth-order valence-electron chi connectivity index (χ4n) is 2.72. The van der Waals surface area contributed by atoms with Crippen molar-refractivity contribution < 1.29 is 14.3 Å². The van der Waals surface area contributed by atoms with Gasteiger partial charge < -0.3 is 15.4 Å². The Morgan fingerprint density at radius 1 is 1.38 bits per heavy atom. The normalized spacial score (nSPS) is 19.5. The molecule has 114 valence electrons. The largest absolute Gasteiger partial charge is 0.368 e. The summed E-state index contributed by atoms with van der Waals surface area (Å²) in [6.07, 6.45) is 1.44. The summed E-state index contributed by atoms with van der Waals surface area (Å²) in [6, 6.07) is 9.83. The van der Waals surface area contributed by atoms with Crippen LogP contribution in [0.5, 0.6) is 0 Å². The molecule has 1 heterocycles. The molecule has 1 aromatic carbocycles. The quantitative estimate of drug-likeness (QED) is 0.858. The van der Waals surface area contributed by atoms with Crippen LogP contribution in [-0.2, 0) is 14.3 Å². The molecule has 5 nitrogen and oxygen atoms in total. The third kappa shape index (κ3) is 4.04. The molecule has 1 fully saturated rings. The fraction of sp³-hybridized carbons (Fsp3) is 0.500. The molecule has 0 saturated carbocycles. The monoisotopic (exact) mass is 290 g/mol. The van der Waals surface area contributed by atoms with Gasteiger partial charge in [-0.2, -0.15) is 0 Å². The van der Waals surface area contributed by atoms with E-state index in [0.29, 0.717) is 13.1 Å². The summed E-state index contributed by atoms with van der Waals surface area (Å²) in [5, 5.41) is 0. The Balaban J connectivity index is 1.95. The van der Waals surface area contributed by atoms with Crippen LogP contribution in [0.3, 0.4) is 0 Å². The zero-order valence-corrected chi connectivity index (χ0v) is 12.3. The summed E-state index contributed by atoms with van der Waals surface area (Å²) in [5.41, 5.74) is 6.11. The Morgan fingerprint density at radius 3 is 2.71 bits per heavy atom. The SMILES string of the molecule is CC[C@H](C(=O)N1CC[C@H](OCC(N)=O)C1)c1ccccc1. The van der Waals surface area contributed by atoms with Crippen molar-refractivity contribution in [3.8, 4) is 0 Å². The van der Waals surface area contributed by atoms with Gasteiger partial charge in [0.15, 0.2) is 0 Å². The molecular weight excluding hydrogens is 268 g/mol. The Labute approximate surface area is 125 Å². The average Bonchev–Trinajstić information content (AvgIpc) is 2.96. The van der Waals surface area contributed by atoms with E-state index in [-0.39, 0.29) is 24.5 Å². The van der Waals surface area contributed by atoms with Crippen molar-refractivity contribution in [3.05, 3.63) is 35.9 Å². The molecule has 0 aromatic heterocycles. The van der Waals surface area contributed by atoms with Crippen molar-refractivity contribution in [2.75, 3.05) is 19.7 Å². The van der Waals surface area contributed by atoms with E-state index in [2.05, 4.69) is 0 Å². The van der Waals surface area contributed by atoms with E-state index >= 15 is 0 Å². The molecule has 5 heteroatoms. The number of amides is 2. The van der Waals surface area contributed by atoms with E-state index in [1.54, 1.807) is 0 Å². The molecule has 2 amide bonds. The van der Waals surface area contributed by atoms with Crippen LogP contribution in [0.1, 0.15) is 31.2 Å². The zero-order valence-electron chi connectivity index (χ0n) is 12.3. The molecule has 0 spiro atoms. The first-order valence-electron chi connectivity index (χ1n) is 7.35. The van der Waals surface area contributed by atoms with Crippen LogP contribution in [0.4, 0.5) is 0 Å². The van der Waals surface area contributed by atoms with Gasteiger partial charge in [-0.05, 0) is 18.4 Å². The number of benzene rings is 1. The topological polar surface area (TPSA) is 72.6 Å². The fourth-order valence-corrected chi connectivity index (χ4v) is 2.72. The Bertz CT molecular complexity index is 490. The second-order valence-electron chi connectivity index (χ2n) is 5.34. The van der Waals surface area contributed by atoms with Crippen LogP contribution in [0.15, 0.2) is 30.3 Å². The van der Waals surface area contributed by atoms with Gasteiger partial charge in [-0.1, -0.05) is 37.3 Å². The van der Waals surface area contributed by atoms with Gasteiger partial charge in [0.2, 0.25) is 11.8 Å². The number of carbonyl (C=O) groups excluding carboxylic acids is 2. The minimum absolute atomic E-state index is 0.0808. The summed E-state index contributed by atoms with van der Waals surface area (Å²) < 4.78 is 5.40. The standard InChI is InChI=1S/C16H22N2O3/c1-2-14(12-6-4-3-5-7-12)16(20)18-9-8-13(10-18)21-11-15(17)19/h3-7,13-14H,2,8-11H2,1H3,(H2,17,19)/t13-,14-/m0/s1. The van der Waals surface area contributed by atoms with Crippen molar-refractivity contribution in [2.24, 2.45) is 5.73 Å². The van der Waals surface area contributed by atoms with Crippen molar-refractivity contribution in [1.82, 2.24) is 4.90 Å². The molecule has 2 atom stereocenters. The minimum atomic E-state index is -0.476. The molecular formula is C16H22N2O3. The van der Waals surface area contributed by atoms with Gasteiger partial charge >= 0.3 is 0 Å². The second kappa shape index (κ2) is 7.22. The number of hydrogen-bond donors (Lipinski definition) is 1. The zero-order chi connectivity index (χ0) is 15.2. The number of hydrogen-bond acceptors (Lipinski definition) is 3. The average molecular weight is 290 g/mol. The van der Waals surface area contributed by atoms with E-state index in [4.69, 9.17) is 10.5 Å². The van der Waals surface area contributed by atoms with Gasteiger partial charge in [0.25, 0.3) is 0 Å². The van der Waals surface area contributed by atoms with Gasteiger partial charge in [-0.3, -0.25) is 9.59 Å². The first kappa shape index (κ1) is 15.5. The van der Waals surface area contributed by atoms with Crippen molar-refractivity contribution in [1.29, 1.82) is 0 Å². The molecule has 1 saturated heterocycles. The lowest BCUT2D eigenvalue weighted by Gasteiger charge is -2.23. The van der Waals surface area contributed by atoms with Gasteiger partial charge in [0.1, 0.15) is 6.61 Å². The Morgan fingerprint density at radius 2 is 2.10 bits per heavy atom. The van der Waals surface area contributed by atoms with Gasteiger partial charge in [0.05, 0.1) is 12.0 Å². The number of ether oxygens (including phenoxy) is 1. The molecule has 0 aliphatic carbocycles. The van der Waals surface area contributed by atoms with Gasteiger partial charge in [0, 0.05) is 13.1 Å². The molecule has 0 unspecified atom stereocenters. The van der Waals surface area contributed by atoms with Crippen LogP contribution in [-0.4, -0.2) is 42.5 Å². The van der Waals surface area contributed by atoms with Gasteiger partial charge in [-0.25, -0.2) is 0 Å². The third-order valence-corrected chi connectivity index (χ3v) is 3.83. The molecule has 0 radical (unpaired) electrons. The predicted octanol–water partition coefficient (Wildman–Crippen LogP) is 1.28. The lowest BCUT2D eigenvalue weighted by Crippen LogP contribution is -2.34. The molecule has 1 aromatic rings. The highest BCUT2D eigenvalue weighted by Crippen LogP contribution is 2.24. The number of nitrogens with zero attached hydrogens (tertiary/aromatic N) is 1. The molecule has 21 heavy (non-hydrogen) atoms. The maximum atomic E-state index is 12.6. The van der Waals surface area contributed by atoms with Crippen LogP contribution < -0.4 is 5.73 Å². The maximum absolute atomic E-state index is 12.6. The molecule has 2 rings (SSSR count). The highest BCUT2D eigenvalue weighted by molar-refractivity contribution is 5.84. The summed E-state index contributed by atoms with van der Waals surface area (Å²) in [6.45, 7) is 3.15. The lowest BCUT2D eigenvalue weighted by molar-refractivity contribution is -0.132. The summed E-state index contributed by atoms with van der Waals surface area (Å²) in [7, 11) is 0. The molecule has 0 bridgehead atoms. The third-order valence-electron chi connectivity index (χ3n) is 3.83. The summed E-state index contributed by atoms with van der Waals surface area (Å²) in [5.74, 6) is -0.453. The van der Waals surface area contributed by atoms with E-state index in [1.165, 1.54) is 0 Å². The number of carbonyl (C=O) groups is 2. The number of nitrogens with two attached hydrogens (primary N) is 1. The van der Waals surface area contributed by atoms with E-state index in [9.17, 15) is 9.59 Å². The van der Waals surface area contributed by atoms with Gasteiger partial charge in [-0.15, -0.1) is 0 Å². The summed E-state index contributed by atoms with van der Waals surface area (Å²) >= 11 is 0. The number of likely N-dealkylation sites (tertiary alicyclic amines) is 1. The van der Waals surface area contributed by atoms with E-state index < -0.39 is 5.91 Å². The lowest BCUT2D eigenvalue weighted by atomic mass is 9.95. The number of primary amides is 1. The molecule has 1 aliphatic heterocycles. The van der Waals surface area contributed by atoms with Crippen molar-refractivity contribution >= 4 is 11.8 Å². The highest BCUT2D eigenvalue weighted by Gasteiger charge is 2.31. The molecule has 1 aliphatic rings. The van der Waals surface area contributed by atoms with E-state index in [0.717, 1.165) is 18.4 Å². The van der Waals surface area contributed by atoms with Crippen LogP contribution in [0.25, 0.3) is 0 Å². The van der Waals surface area contributed by atoms with Crippen molar-refractivity contribution in [2.45, 2.75) is 31.8 Å². The first-order chi connectivity index (χ1) is 10.1. The summed E-state index contributed by atoms with van der Waals surface area (Å²) in [4.78, 5) is 25.2. The highest BCUT2D eigenvalue weighted by atomic mass is 16.5. The second-order valence-corrected chi connectivity index (χ2v) is 5.34. The van der Waals surface area contributed by atoms with Crippen molar-refractivity contribution in [3.63, 3.8) is 0 Å². The van der Waals surface area contributed by atoms with Crippen LogP contribution >= 0.6 is 0 Å². The maximum Gasteiger partial charge on any atom is 0.243 e. The Kier molecular flexibility index (Phi) is 5.33. The number of rotatable bonds is 6. The van der Waals surface area contributed by atoms with Crippen LogP contribution in [0.2, 0.25) is 0 Å². The minimum Gasteiger partial charge on any atom is -0.368 e. The van der Waals surface area contributed by atoms with Crippen LogP contribution in [0, 0.1) is 0 Å². The Hall–Kier alpha value is -1.88. The smallest absolute Gasteiger partial charge is 0.243 e. The predicted molar refractivity (Wildman–Crippen MR) is 79.6 cm³/mol.